The first kappa shape index (κ1) is 15.6. The highest BCUT2D eigenvalue weighted by atomic mass is 16.5. The van der Waals surface area contributed by atoms with E-state index in [2.05, 4.69) is 22.0 Å². The molecule has 122 valence electrons. The van der Waals surface area contributed by atoms with Gasteiger partial charge in [0.2, 0.25) is 0 Å². The maximum atomic E-state index is 6.34. The van der Waals surface area contributed by atoms with Gasteiger partial charge in [0.25, 0.3) is 0 Å². The van der Waals surface area contributed by atoms with Gasteiger partial charge in [0.15, 0.2) is 11.5 Å². The van der Waals surface area contributed by atoms with Gasteiger partial charge in [0, 0.05) is 48.7 Å². The number of rotatable bonds is 4. The Morgan fingerprint density at radius 3 is 2.65 bits per heavy atom. The van der Waals surface area contributed by atoms with Crippen molar-refractivity contribution in [1.82, 2.24) is 4.98 Å². The van der Waals surface area contributed by atoms with E-state index in [1.807, 2.05) is 30.5 Å². The van der Waals surface area contributed by atoms with E-state index in [1.54, 1.807) is 14.2 Å². The maximum Gasteiger partial charge on any atom is 0.162 e. The summed E-state index contributed by atoms with van der Waals surface area (Å²) in [5, 5.41) is 0. The lowest BCUT2D eigenvalue weighted by Gasteiger charge is -2.38. The Hall–Kier alpha value is -2.27. The standard InChI is InChI=1S/C18H23N3O2/c1-22-17-7-6-13(11-18(17)23-2)21-10-8-15(19)14(12-21)16-5-3-4-9-20-16/h3-7,9,11,14-15H,8,10,12,19H2,1-2H3/t14-,15-/m0/s1. The van der Waals surface area contributed by atoms with E-state index in [4.69, 9.17) is 15.2 Å². The molecule has 0 amide bonds. The number of anilines is 1. The smallest absolute Gasteiger partial charge is 0.162 e. The van der Waals surface area contributed by atoms with Crippen molar-refractivity contribution in [2.24, 2.45) is 5.73 Å². The normalized spacial score (nSPS) is 21.1. The number of hydrogen-bond donors (Lipinski definition) is 1. The fraction of sp³-hybridized carbons (Fsp3) is 0.389. The molecule has 1 aromatic heterocycles. The zero-order chi connectivity index (χ0) is 16.2. The minimum Gasteiger partial charge on any atom is -0.493 e. The number of hydrogen-bond acceptors (Lipinski definition) is 5. The van der Waals surface area contributed by atoms with E-state index in [0.29, 0.717) is 0 Å². The predicted molar refractivity (Wildman–Crippen MR) is 91.3 cm³/mol. The van der Waals surface area contributed by atoms with Crippen LogP contribution in [0.25, 0.3) is 0 Å². The van der Waals surface area contributed by atoms with Crippen molar-refractivity contribution in [3.63, 3.8) is 0 Å². The van der Waals surface area contributed by atoms with Gasteiger partial charge in [0.05, 0.1) is 14.2 Å². The molecule has 5 heteroatoms. The Morgan fingerprint density at radius 2 is 1.96 bits per heavy atom. The Balaban J connectivity index is 1.84. The number of benzene rings is 1. The van der Waals surface area contributed by atoms with Gasteiger partial charge in [-0.1, -0.05) is 6.07 Å². The third-order valence-electron chi connectivity index (χ3n) is 4.47. The first-order chi connectivity index (χ1) is 11.2. The summed E-state index contributed by atoms with van der Waals surface area (Å²) in [6.07, 6.45) is 2.77. The number of aromatic nitrogens is 1. The lowest BCUT2D eigenvalue weighted by molar-refractivity contribution is 0.354. The molecule has 0 radical (unpaired) electrons. The van der Waals surface area contributed by atoms with Crippen LogP contribution in [-0.4, -0.2) is 38.3 Å². The van der Waals surface area contributed by atoms with Gasteiger partial charge >= 0.3 is 0 Å². The fourth-order valence-electron chi connectivity index (χ4n) is 3.13. The van der Waals surface area contributed by atoms with Gasteiger partial charge < -0.3 is 20.1 Å². The Bertz CT molecular complexity index is 648. The van der Waals surface area contributed by atoms with E-state index in [1.165, 1.54) is 0 Å². The molecule has 1 fully saturated rings. The van der Waals surface area contributed by atoms with Crippen LogP contribution in [-0.2, 0) is 0 Å². The van der Waals surface area contributed by atoms with Crippen molar-refractivity contribution in [2.75, 3.05) is 32.2 Å². The van der Waals surface area contributed by atoms with E-state index in [0.717, 1.165) is 42.4 Å². The summed E-state index contributed by atoms with van der Waals surface area (Å²) in [5.41, 5.74) is 8.52. The molecule has 2 atom stereocenters. The summed E-state index contributed by atoms with van der Waals surface area (Å²) >= 11 is 0. The van der Waals surface area contributed by atoms with E-state index in [9.17, 15) is 0 Å². The summed E-state index contributed by atoms with van der Waals surface area (Å²) in [7, 11) is 3.30. The number of ether oxygens (including phenoxy) is 2. The molecular formula is C18H23N3O2. The molecule has 2 aromatic rings. The van der Waals surface area contributed by atoms with Crippen molar-refractivity contribution in [1.29, 1.82) is 0 Å². The minimum absolute atomic E-state index is 0.140. The molecule has 5 nitrogen and oxygen atoms in total. The van der Waals surface area contributed by atoms with Gasteiger partial charge in [-0.15, -0.1) is 0 Å². The third-order valence-corrected chi connectivity index (χ3v) is 4.47. The minimum atomic E-state index is 0.140. The summed E-state index contributed by atoms with van der Waals surface area (Å²) in [6.45, 7) is 1.79. The van der Waals surface area contributed by atoms with Crippen LogP contribution in [0.4, 0.5) is 5.69 Å². The highest BCUT2D eigenvalue weighted by Crippen LogP contribution is 2.34. The van der Waals surface area contributed by atoms with Crippen LogP contribution in [0.2, 0.25) is 0 Å². The molecule has 0 bridgehead atoms. The van der Waals surface area contributed by atoms with Gasteiger partial charge in [-0.3, -0.25) is 4.98 Å². The molecule has 1 aliphatic heterocycles. The summed E-state index contributed by atoms with van der Waals surface area (Å²) < 4.78 is 10.7. The molecule has 23 heavy (non-hydrogen) atoms. The molecule has 0 unspecified atom stereocenters. The maximum absolute atomic E-state index is 6.34. The number of nitrogens with two attached hydrogens (primary N) is 1. The van der Waals surface area contributed by atoms with Crippen LogP contribution in [0.1, 0.15) is 18.0 Å². The molecular weight excluding hydrogens is 290 g/mol. The average Bonchev–Trinajstić information content (AvgIpc) is 2.62. The Morgan fingerprint density at radius 1 is 1.13 bits per heavy atom. The molecule has 2 heterocycles. The quantitative estimate of drug-likeness (QED) is 0.939. The van der Waals surface area contributed by atoms with Crippen molar-refractivity contribution >= 4 is 5.69 Å². The van der Waals surface area contributed by atoms with Crippen molar-refractivity contribution in [3.8, 4) is 11.5 Å². The highest BCUT2D eigenvalue weighted by molar-refractivity contribution is 5.57. The lowest BCUT2D eigenvalue weighted by atomic mass is 9.89. The van der Waals surface area contributed by atoms with Crippen molar-refractivity contribution < 1.29 is 9.47 Å². The van der Waals surface area contributed by atoms with Crippen LogP contribution in [0.15, 0.2) is 42.6 Å². The van der Waals surface area contributed by atoms with Crippen LogP contribution in [0.3, 0.4) is 0 Å². The topological polar surface area (TPSA) is 60.6 Å². The zero-order valence-electron chi connectivity index (χ0n) is 13.6. The molecule has 2 N–H and O–H groups in total. The molecule has 1 saturated heterocycles. The van der Waals surface area contributed by atoms with Gasteiger partial charge in [-0.25, -0.2) is 0 Å². The van der Waals surface area contributed by atoms with Gasteiger partial charge in [0.1, 0.15) is 0 Å². The van der Waals surface area contributed by atoms with Gasteiger partial charge in [-0.2, -0.15) is 0 Å². The molecule has 1 aliphatic rings. The third kappa shape index (κ3) is 3.24. The number of piperidine rings is 1. The van der Waals surface area contributed by atoms with E-state index < -0.39 is 0 Å². The fourth-order valence-corrected chi connectivity index (χ4v) is 3.13. The highest BCUT2D eigenvalue weighted by Gasteiger charge is 2.29. The largest absolute Gasteiger partial charge is 0.493 e. The summed E-state index contributed by atoms with van der Waals surface area (Å²) in [4.78, 5) is 6.83. The summed E-state index contributed by atoms with van der Waals surface area (Å²) in [5.74, 6) is 1.72. The SMILES string of the molecule is COc1ccc(N2CC[C@H](N)[C@@H](c3ccccn3)C2)cc1OC. The molecule has 0 aliphatic carbocycles. The molecule has 1 aromatic carbocycles. The second-order valence-electron chi connectivity index (χ2n) is 5.80. The van der Waals surface area contributed by atoms with E-state index >= 15 is 0 Å². The molecule has 3 rings (SSSR count). The van der Waals surface area contributed by atoms with Crippen LogP contribution < -0.4 is 20.1 Å². The number of methoxy groups -OCH3 is 2. The van der Waals surface area contributed by atoms with Crippen molar-refractivity contribution in [2.45, 2.75) is 18.4 Å². The Labute approximate surface area is 137 Å². The lowest BCUT2D eigenvalue weighted by Crippen LogP contribution is -2.46. The van der Waals surface area contributed by atoms with Crippen LogP contribution in [0.5, 0.6) is 11.5 Å². The molecule has 0 saturated carbocycles. The average molecular weight is 313 g/mol. The van der Waals surface area contributed by atoms with Crippen molar-refractivity contribution in [3.05, 3.63) is 48.3 Å². The zero-order valence-corrected chi connectivity index (χ0v) is 13.6. The predicted octanol–water partition coefficient (Wildman–Crippen LogP) is 2.42. The second kappa shape index (κ2) is 6.87. The number of nitrogens with zero attached hydrogens (tertiary/aromatic N) is 2. The van der Waals surface area contributed by atoms with Crippen LogP contribution >= 0.6 is 0 Å². The number of pyridine rings is 1. The van der Waals surface area contributed by atoms with Crippen LogP contribution in [0, 0.1) is 0 Å². The van der Waals surface area contributed by atoms with E-state index in [-0.39, 0.29) is 12.0 Å². The monoisotopic (exact) mass is 313 g/mol. The summed E-state index contributed by atoms with van der Waals surface area (Å²) in [6, 6.07) is 12.2. The first-order valence-corrected chi connectivity index (χ1v) is 7.86. The first-order valence-electron chi connectivity index (χ1n) is 7.86. The van der Waals surface area contributed by atoms with Gasteiger partial charge in [-0.05, 0) is 30.7 Å². The Kier molecular flexibility index (Phi) is 4.67. The second-order valence-corrected chi connectivity index (χ2v) is 5.80. The molecule has 0 spiro atoms.